The minimum atomic E-state index is -3.19. The number of hydrogen-bond acceptors (Lipinski definition) is 4. The van der Waals surface area contributed by atoms with Gasteiger partial charge in [-0.3, -0.25) is 0 Å². The number of aliphatic hydroxyl groups is 1. The van der Waals surface area contributed by atoms with Gasteiger partial charge >= 0.3 is 0 Å². The molecule has 0 saturated heterocycles. The Hall–Kier alpha value is -0.920. The summed E-state index contributed by atoms with van der Waals surface area (Å²) in [5.41, 5.74) is 0. The van der Waals surface area contributed by atoms with Crippen molar-refractivity contribution in [1.29, 1.82) is 0 Å². The quantitative estimate of drug-likeness (QED) is 0.547. The van der Waals surface area contributed by atoms with Crippen LogP contribution in [0.25, 0.3) is 0 Å². The average Bonchev–Trinajstić information content (AvgIpc) is 2.77. The molecule has 98 valence electrons. The molecule has 1 heterocycles. The van der Waals surface area contributed by atoms with Crippen molar-refractivity contribution in [3.63, 3.8) is 0 Å². The van der Waals surface area contributed by atoms with Crippen molar-refractivity contribution in [2.45, 2.75) is 25.7 Å². The minimum absolute atomic E-state index is 0.0357. The van der Waals surface area contributed by atoms with Gasteiger partial charge in [-0.15, -0.1) is 0 Å². The second-order valence-electron chi connectivity index (χ2n) is 3.78. The van der Waals surface area contributed by atoms with Crippen molar-refractivity contribution < 1.29 is 13.5 Å². The Morgan fingerprint density at radius 2 is 2.18 bits per heavy atom. The number of H-pyrrole nitrogens is 1. The molecule has 1 aromatic heterocycles. The van der Waals surface area contributed by atoms with Gasteiger partial charge in [0.25, 0.3) is 0 Å². The van der Waals surface area contributed by atoms with Gasteiger partial charge in [0.05, 0.1) is 5.75 Å². The Kier molecular flexibility index (Phi) is 6.17. The van der Waals surface area contributed by atoms with E-state index in [9.17, 15) is 8.42 Å². The van der Waals surface area contributed by atoms with Crippen molar-refractivity contribution in [2.75, 3.05) is 18.9 Å². The largest absolute Gasteiger partial charge is 0.396 e. The summed E-state index contributed by atoms with van der Waals surface area (Å²) in [4.78, 5) is 7.01. The molecule has 0 saturated carbocycles. The lowest BCUT2D eigenvalue weighted by molar-refractivity contribution is 0.287. The van der Waals surface area contributed by atoms with Gasteiger partial charge in [0.2, 0.25) is 10.0 Å². The second-order valence-corrected chi connectivity index (χ2v) is 5.71. The molecule has 0 amide bonds. The zero-order valence-electron chi connectivity index (χ0n) is 9.72. The number of imidazole rings is 1. The zero-order valence-corrected chi connectivity index (χ0v) is 10.5. The van der Waals surface area contributed by atoms with Gasteiger partial charge in [0.15, 0.2) is 0 Å². The first-order chi connectivity index (χ1) is 8.14. The van der Waals surface area contributed by atoms with Gasteiger partial charge < -0.3 is 10.1 Å². The Bertz CT molecular complexity index is 389. The molecule has 0 aliphatic rings. The molecular weight excluding hydrogens is 242 g/mol. The van der Waals surface area contributed by atoms with E-state index in [0.717, 1.165) is 12.2 Å². The summed E-state index contributed by atoms with van der Waals surface area (Å²) in [6.45, 7) is 0.455. The van der Waals surface area contributed by atoms with Crippen LogP contribution in [0.3, 0.4) is 0 Å². The maximum Gasteiger partial charge on any atom is 0.211 e. The minimum Gasteiger partial charge on any atom is -0.396 e. The first-order valence-electron chi connectivity index (χ1n) is 5.70. The van der Waals surface area contributed by atoms with Crippen LogP contribution >= 0.6 is 0 Å². The van der Waals surface area contributed by atoms with E-state index in [2.05, 4.69) is 14.7 Å². The highest BCUT2D eigenvalue weighted by molar-refractivity contribution is 7.89. The second kappa shape index (κ2) is 7.41. The Morgan fingerprint density at radius 3 is 2.82 bits per heavy atom. The number of nitrogens with one attached hydrogen (secondary N) is 2. The number of aryl methyl sites for hydroxylation is 1. The average molecular weight is 261 g/mol. The highest BCUT2D eigenvalue weighted by Crippen LogP contribution is 1.96. The molecule has 6 nitrogen and oxygen atoms in total. The highest BCUT2D eigenvalue weighted by atomic mass is 32.2. The van der Waals surface area contributed by atoms with Gasteiger partial charge in [0, 0.05) is 32.0 Å². The normalized spacial score (nSPS) is 11.8. The van der Waals surface area contributed by atoms with Crippen LogP contribution in [0.4, 0.5) is 0 Å². The maximum absolute atomic E-state index is 11.5. The van der Waals surface area contributed by atoms with Crippen LogP contribution in [-0.2, 0) is 16.4 Å². The molecule has 17 heavy (non-hydrogen) atoms. The Labute approximate surface area is 102 Å². The van der Waals surface area contributed by atoms with E-state index in [-0.39, 0.29) is 12.4 Å². The standard InChI is InChI=1S/C10H19N3O3S/c14-8-1-2-9-17(15,16)13-5-3-4-10-11-6-7-12-10/h6-7,13-14H,1-5,8-9H2,(H,11,12). The third kappa shape index (κ3) is 6.40. The number of aromatic nitrogens is 2. The van der Waals surface area contributed by atoms with Crippen molar-refractivity contribution in [2.24, 2.45) is 0 Å². The topological polar surface area (TPSA) is 95.1 Å². The Morgan fingerprint density at radius 1 is 1.35 bits per heavy atom. The zero-order chi connectivity index (χ0) is 12.6. The number of aromatic amines is 1. The summed E-state index contributed by atoms with van der Waals surface area (Å²) >= 11 is 0. The fourth-order valence-electron chi connectivity index (χ4n) is 1.39. The van der Waals surface area contributed by atoms with Gasteiger partial charge in [-0.2, -0.15) is 0 Å². The molecule has 1 rings (SSSR count). The van der Waals surface area contributed by atoms with E-state index in [1.54, 1.807) is 12.4 Å². The number of unbranched alkanes of at least 4 members (excludes halogenated alkanes) is 1. The molecule has 0 fully saturated rings. The summed E-state index contributed by atoms with van der Waals surface area (Å²) in [6.07, 6.45) is 5.87. The van der Waals surface area contributed by atoms with Gasteiger partial charge in [0.1, 0.15) is 5.82 Å². The fraction of sp³-hybridized carbons (Fsp3) is 0.700. The number of rotatable bonds is 9. The van der Waals surface area contributed by atoms with Crippen LogP contribution in [0.1, 0.15) is 25.1 Å². The molecule has 0 spiro atoms. The lowest BCUT2D eigenvalue weighted by atomic mass is 10.3. The molecule has 7 heteroatoms. The summed E-state index contributed by atoms with van der Waals surface area (Å²) < 4.78 is 25.4. The number of hydrogen-bond donors (Lipinski definition) is 3. The van der Waals surface area contributed by atoms with Gasteiger partial charge in [-0.25, -0.2) is 18.1 Å². The Balaban J connectivity index is 2.12. The lowest BCUT2D eigenvalue weighted by Gasteiger charge is -2.05. The van der Waals surface area contributed by atoms with Crippen molar-refractivity contribution >= 4 is 10.0 Å². The van der Waals surface area contributed by atoms with Crippen LogP contribution in [0.15, 0.2) is 12.4 Å². The summed E-state index contributed by atoms with van der Waals surface area (Å²) in [6, 6.07) is 0. The molecule has 3 N–H and O–H groups in total. The third-order valence-corrected chi connectivity index (χ3v) is 3.76. The van der Waals surface area contributed by atoms with Crippen LogP contribution in [0, 0.1) is 0 Å². The maximum atomic E-state index is 11.5. The molecule has 0 atom stereocenters. The predicted molar refractivity (Wildman–Crippen MR) is 65.0 cm³/mol. The SMILES string of the molecule is O=S(=O)(CCCCO)NCCCc1ncc[nH]1. The predicted octanol–water partition coefficient (Wildman–Crippen LogP) is 0.0342. The van der Waals surface area contributed by atoms with Crippen molar-refractivity contribution in [1.82, 2.24) is 14.7 Å². The summed E-state index contributed by atoms with van der Waals surface area (Å²) in [5.74, 6) is 0.943. The smallest absolute Gasteiger partial charge is 0.211 e. The molecule has 0 bridgehead atoms. The van der Waals surface area contributed by atoms with Gasteiger partial charge in [-0.05, 0) is 19.3 Å². The molecule has 1 aromatic rings. The highest BCUT2D eigenvalue weighted by Gasteiger charge is 2.08. The monoisotopic (exact) mass is 261 g/mol. The molecule has 0 aromatic carbocycles. The van der Waals surface area contributed by atoms with Crippen molar-refractivity contribution in [3.05, 3.63) is 18.2 Å². The number of nitrogens with zero attached hydrogens (tertiary/aromatic N) is 1. The summed E-state index contributed by atoms with van der Waals surface area (Å²) in [7, 11) is -3.19. The van der Waals surface area contributed by atoms with E-state index >= 15 is 0 Å². The summed E-state index contributed by atoms with van der Waals surface area (Å²) in [5, 5.41) is 8.56. The van der Waals surface area contributed by atoms with Gasteiger partial charge in [-0.1, -0.05) is 0 Å². The van der Waals surface area contributed by atoms with Crippen LogP contribution in [-0.4, -0.2) is 42.4 Å². The van der Waals surface area contributed by atoms with Crippen LogP contribution < -0.4 is 4.72 Å². The molecule has 0 unspecified atom stereocenters. The number of aliphatic hydroxyl groups excluding tert-OH is 1. The first kappa shape index (κ1) is 14.1. The third-order valence-electron chi connectivity index (χ3n) is 2.29. The van der Waals surface area contributed by atoms with E-state index in [4.69, 9.17) is 5.11 Å². The number of sulfonamides is 1. The van der Waals surface area contributed by atoms with E-state index in [1.165, 1.54) is 0 Å². The van der Waals surface area contributed by atoms with Crippen molar-refractivity contribution in [3.8, 4) is 0 Å². The molecule has 0 radical (unpaired) electrons. The fourth-order valence-corrected chi connectivity index (χ4v) is 2.58. The molecule has 0 aliphatic carbocycles. The van der Waals surface area contributed by atoms with Crippen LogP contribution in [0.5, 0.6) is 0 Å². The molecule has 0 aliphatic heterocycles. The lowest BCUT2D eigenvalue weighted by Crippen LogP contribution is -2.27. The van der Waals surface area contributed by atoms with E-state index in [0.29, 0.717) is 25.8 Å². The van der Waals surface area contributed by atoms with E-state index < -0.39 is 10.0 Å². The first-order valence-corrected chi connectivity index (χ1v) is 7.36. The van der Waals surface area contributed by atoms with Crippen LogP contribution in [0.2, 0.25) is 0 Å². The van der Waals surface area contributed by atoms with E-state index in [1.807, 2.05) is 0 Å². The molecular formula is C10H19N3O3S.